The summed E-state index contributed by atoms with van der Waals surface area (Å²) in [6, 6.07) is 9.23. The van der Waals surface area contributed by atoms with Crippen molar-refractivity contribution in [3.05, 3.63) is 58.1 Å². The van der Waals surface area contributed by atoms with Crippen LogP contribution in [0.2, 0.25) is 5.02 Å². The molecule has 0 saturated heterocycles. The number of aryl methyl sites for hydroxylation is 1. The van der Waals surface area contributed by atoms with Crippen LogP contribution in [0.15, 0.2) is 39.9 Å². The molecule has 0 bridgehead atoms. The van der Waals surface area contributed by atoms with Gasteiger partial charge in [0.2, 0.25) is 11.7 Å². The average molecular weight is 411 g/mol. The van der Waals surface area contributed by atoms with Crippen molar-refractivity contribution in [2.24, 2.45) is 0 Å². The quantitative estimate of drug-likeness (QED) is 0.545. The highest BCUT2D eigenvalue weighted by atomic mass is 35.5. The van der Waals surface area contributed by atoms with E-state index in [-0.39, 0.29) is 22.4 Å². The third-order valence-electron chi connectivity index (χ3n) is 3.43. The first-order valence-corrected chi connectivity index (χ1v) is 8.84. The lowest BCUT2D eigenvalue weighted by atomic mass is 10.1. The maximum atomic E-state index is 13.1. The van der Waals surface area contributed by atoms with Gasteiger partial charge in [0.25, 0.3) is 0 Å². The number of pyridine rings is 1. The second-order valence-corrected chi connectivity index (χ2v) is 6.81. The summed E-state index contributed by atoms with van der Waals surface area (Å²) < 4.78 is 44.5. The van der Waals surface area contributed by atoms with Crippen LogP contribution in [0.3, 0.4) is 0 Å². The van der Waals surface area contributed by atoms with E-state index >= 15 is 0 Å². The molecular formula is C17H10ClF3N4OS. The van der Waals surface area contributed by atoms with Crippen molar-refractivity contribution < 1.29 is 17.7 Å². The Hall–Kier alpha value is -2.57. The van der Waals surface area contributed by atoms with Crippen LogP contribution < -0.4 is 0 Å². The number of hydrogen-bond donors (Lipinski definition) is 0. The third kappa shape index (κ3) is 4.40. The summed E-state index contributed by atoms with van der Waals surface area (Å²) >= 11 is 6.76. The van der Waals surface area contributed by atoms with E-state index < -0.39 is 17.3 Å². The summed E-state index contributed by atoms with van der Waals surface area (Å²) in [5.74, 6) is 0.602. The first-order chi connectivity index (χ1) is 12.8. The second kappa shape index (κ2) is 7.58. The molecule has 0 spiro atoms. The predicted octanol–water partition coefficient (Wildman–Crippen LogP) is 5.28. The molecule has 1 aromatic carbocycles. The van der Waals surface area contributed by atoms with Gasteiger partial charge in [0, 0.05) is 16.3 Å². The van der Waals surface area contributed by atoms with Crippen molar-refractivity contribution in [3.8, 4) is 17.5 Å². The molecule has 10 heteroatoms. The van der Waals surface area contributed by atoms with E-state index in [0.29, 0.717) is 16.4 Å². The second-order valence-electron chi connectivity index (χ2n) is 5.41. The molecule has 2 heterocycles. The van der Waals surface area contributed by atoms with Gasteiger partial charge in [-0.2, -0.15) is 23.4 Å². The topological polar surface area (TPSA) is 75.6 Å². The molecule has 0 fully saturated rings. The van der Waals surface area contributed by atoms with E-state index in [0.717, 1.165) is 17.8 Å². The molecule has 0 radical (unpaired) electrons. The van der Waals surface area contributed by atoms with Crippen LogP contribution in [0, 0.1) is 18.3 Å². The smallest absolute Gasteiger partial charge is 0.338 e. The lowest BCUT2D eigenvalue weighted by Crippen LogP contribution is -2.10. The number of aromatic nitrogens is 3. The van der Waals surface area contributed by atoms with Gasteiger partial charge in [-0.25, -0.2) is 4.98 Å². The Morgan fingerprint density at radius 1 is 1.22 bits per heavy atom. The van der Waals surface area contributed by atoms with Crippen LogP contribution in [0.5, 0.6) is 0 Å². The molecule has 0 N–H and O–H groups in total. The van der Waals surface area contributed by atoms with Crippen LogP contribution in [0.25, 0.3) is 11.4 Å². The van der Waals surface area contributed by atoms with Crippen molar-refractivity contribution in [1.82, 2.24) is 15.1 Å². The minimum atomic E-state index is -4.64. The van der Waals surface area contributed by atoms with E-state index in [1.165, 1.54) is 6.92 Å². The molecule has 2 aromatic heterocycles. The fourth-order valence-electron chi connectivity index (χ4n) is 2.24. The minimum absolute atomic E-state index is 0.0314. The summed E-state index contributed by atoms with van der Waals surface area (Å²) in [4.78, 5) is 8.24. The van der Waals surface area contributed by atoms with Gasteiger partial charge in [-0.3, -0.25) is 0 Å². The van der Waals surface area contributed by atoms with Gasteiger partial charge in [0.1, 0.15) is 11.1 Å². The lowest BCUT2D eigenvalue weighted by molar-refractivity contribution is -0.138. The maximum Gasteiger partial charge on any atom is 0.417 e. The zero-order chi connectivity index (χ0) is 19.6. The van der Waals surface area contributed by atoms with Crippen LogP contribution >= 0.6 is 23.4 Å². The molecule has 27 heavy (non-hydrogen) atoms. The zero-order valence-electron chi connectivity index (χ0n) is 13.7. The summed E-state index contributed by atoms with van der Waals surface area (Å²) in [5.41, 5.74) is -0.677. The summed E-state index contributed by atoms with van der Waals surface area (Å²) in [6.45, 7) is 1.44. The molecule has 0 amide bonds. The number of nitriles is 1. The van der Waals surface area contributed by atoms with Crippen molar-refractivity contribution in [2.45, 2.75) is 23.9 Å². The van der Waals surface area contributed by atoms with Crippen molar-refractivity contribution in [1.29, 1.82) is 5.26 Å². The Kier molecular flexibility index (Phi) is 5.39. The van der Waals surface area contributed by atoms with Gasteiger partial charge in [-0.15, -0.1) is 0 Å². The summed E-state index contributed by atoms with van der Waals surface area (Å²) in [6.07, 6.45) is -4.64. The van der Waals surface area contributed by atoms with Crippen LogP contribution in [-0.2, 0) is 11.9 Å². The number of rotatable bonds is 4. The van der Waals surface area contributed by atoms with Gasteiger partial charge < -0.3 is 4.52 Å². The molecule has 0 saturated carbocycles. The standard InChI is InChI=1S/C17H10ClF3N4OS/c1-9-6-13(17(19,20)21)12(7-22)16(23-9)27-8-14-24-15(25-26-14)10-2-4-11(18)5-3-10/h2-6H,8H2,1H3. The van der Waals surface area contributed by atoms with Crippen LogP contribution in [-0.4, -0.2) is 15.1 Å². The highest BCUT2D eigenvalue weighted by Gasteiger charge is 2.35. The highest BCUT2D eigenvalue weighted by Crippen LogP contribution is 2.36. The van der Waals surface area contributed by atoms with E-state index in [1.807, 2.05) is 0 Å². The lowest BCUT2D eigenvalue weighted by Gasteiger charge is -2.12. The molecule has 0 aliphatic heterocycles. The van der Waals surface area contributed by atoms with Crippen molar-refractivity contribution in [2.75, 3.05) is 0 Å². The first kappa shape index (κ1) is 19.2. The SMILES string of the molecule is Cc1cc(C(F)(F)F)c(C#N)c(SCc2nc(-c3ccc(Cl)cc3)no2)n1. The fraction of sp³-hybridized carbons (Fsp3) is 0.176. The largest absolute Gasteiger partial charge is 0.417 e. The Bertz CT molecular complexity index is 1010. The Labute approximate surface area is 161 Å². The molecule has 138 valence electrons. The molecule has 0 atom stereocenters. The molecular weight excluding hydrogens is 401 g/mol. The number of thioether (sulfide) groups is 1. The number of hydrogen-bond acceptors (Lipinski definition) is 6. The highest BCUT2D eigenvalue weighted by molar-refractivity contribution is 7.98. The fourth-order valence-corrected chi connectivity index (χ4v) is 3.25. The normalized spacial score (nSPS) is 11.4. The molecule has 3 rings (SSSR count). The summed E-state index contributed by atoms with van der Waals surface area (Å²) in [7, 11) is 0. The molecule has 3 aromatic rings. The number of halogens is 4. The number of nitrogens with zero attached hydrogens (tertiary/aromatic N) is 4. The molecule has 5 nitrogen and oxygen atoms in total. The van der Waals surface area contributed by atoms with E-state index in [9.17, 15) is 13.2 Å². The monoisotopic (exact) mass is 410 g/mol. The Morgan fingerprint density at radius 2 is 1.93 bits per heavy atom. The van der Waals surface area contributed by atoms with Crippen molar-refractivity contribution in [3.63, 3.8) is 0 Å². The van der Waals surface area contributed by atoms with Gasteiger partial charge in [-0.1, -0.05) is 28.5 Å². The van der Waals surface area contributed by atoms with Gasteiger partial charge in [0.15, 0.2) is 0 Å². The third-order valence-corrected chi connectivity index (χ3v) is 4.65. The van der Waals surface area contributed by atoms with Gasteiger partial charge in [0.05, 0.1) is 16.9 Å². The number of benzene rings is 1. The van der Waals surface area contributed by atoms with E-state index in [2.05, 4.69) is 15.1 Å². The zero-order valence-corrected chi connectivity index (χ0v) is 15.3. The number of alkyl halides is 3. The first-order valence-electron chi connectivity index (χ1n) is 7.48. The Morgan fingerprint density at radius 3 is 2.56 bits per heavy atom. The van der Waals surface area contributed by atoms with Gasteiger partial charge in [-0.05, 0) is 37.3 Å². The predicted molar refractivity (Wildman–Crippen MR) is 93.0 cm³/mol. The average Bonchev–Trinajstić information content (AvgIpc) is 3.08. The summed E-state index contributed by atoms with van der Waals surface area (Å²) in [5, 5.41) is 13.5. The van der Waals surface area contributed by atoms with Crippen LogP contribution in [0.1, 0.15) is 22.7 Å². The maximum absolute atomic E-state index is 13.1. The Balaban J connectivity index is 1.83. The van der Waals surface area contributed by atoms with Gasteiger partial charge >= 0.3 is 6.18 Å². The molecule has 0 aliphatic rings. The molecule has 0 aliphatic carbocycles. The minimum Gasteiger partial charge on any atom is -0.338 e. The van der Waals surface area contributed by atoms with Crippen molar-refractivity contribution >= 4 is 23.4 Å². The van der Waals surface area contributed by atoms with E-state index in [4.69, 9.17) is 21.4 Å². The van der Waals surface area contributed by atoms with Crippen LogP contribution in [0.4, 0.5) is 13.2 Å². The van der Waals surface area contributed by atoms with E-state index in [1.54, 1.807) is 30.3 Å². The molecule has 0 unspecified atom stereocenters.